The molecule has 0 fully saturated rings. The van der Waals surface area contributed by atoms with Crippen molar-refractivity contribution < 1.29 is 8.78 Å². The Hall–Kier alpha value is -3.01. The van der Waals surface area contributed by atoms with Crippen LogP contribution in [0, 0.1) is 11.6 Å². The second-order valence-corrected chi connectivity index (χ2v) is 5.98. The summed E-state index contributed by atoms with van der Waals surface area (Å²) in [7, 11) is 0. The third-order valence-corrected chi connectivity index (χ3v) is 4.37. The molecule has 1 aliphatic heterocycles. The SMILES string of the molecule is Fc1ccc([C@@H]2CC(c3ccccc3)=NN2c2ccccc2F)cc1. The van der Waals surface area contributed by atoms with Crippen molar-refractivity contribution in [3.63, 3.8) is 0 Å². The molecule has 3 aromatic carbocycles. The molecule has 1 aliphatic rings. The summed E-state index contributed by atoms with van der Waals surface area (Å²) in [5.41, 5.74) is 3.22. The predicted octanol–water partition coefficient (Wildman–Crippen LogP) is 5.32. The van der Waals surface area contributed by atoms with Crippen LogP contribution in [0.25, 0.3) is 0 Å². The molecule has 3 aromatic rings. The highest BCUT2D eigenvalue weighted by Gasteiger charge is 2.31. The van der Waals surface area contributed by atoms with E-state index < -0.39 is 0 Å². The zero-order valence-electron chi connectivity index (χ0n) is 13.4. The zero-order valence-corrected chi connectivity index (χ0v) is 13.4. The fourth-order valence-corrected chi connectivity index (χ4v) is 3.12. The quantitative estimate of drug-likeness (QED) is 0.633. The van der Waals surface area contributed by atoms with Crippen LogP contribution in [-0.2, 0) is 0 Å². The van der Waals surface area contributed by atoms with Gasteiger partial charge in [0.1, 0.15) is 11.6 Å². The Labute approximate surface area is 145 Å². The molecule has 0 amide bonds. The molecule has 0 unspecified atom stereocenters. The zero-order chi connectivity index (χ0) is 17.2. The summed E-state index contributed by atoms with van der Waals surface area (Å²) >= 11 is 0. The smallest absolute Gasteiger partial charge is 0.148 e. The number of hydrazone groups is 1. The van der Waals surface area contributed by atoms with E-state index in [1.54, 1.807) is 35.3 Å². The predicted molar refractivity (Wildman–Crippen MR) is 95.6 cm³/mol. The third kappa shape index (κ3) is 3.03. The maximum atomic E-state index is 14.4. The lowest BCUT2D eigenvalue weighted by Gasteiger charge is -2.24. The standard InChI is InChI=1S/C21H16F2N2/c22-17-12-10-16(11-13-17)21-14-19(15-6-2-1-3-7-15)24-25(21)20-9-5-4-8-18(20)23/h1-13,21H,14H2/t21-/m0/s1. The Morgan fingerprint density at radius 1 is 0.800 bits per heavy atom. The van der Waals surface area contributed by atoms with Gasteiger partial charge < -0.3 is 0 Å². The summed E-state index contributed by atoms with van der Waals surface area (Å²) in [6.07, 6.45) is 0.629. The van der Waals surface area contributed by atoms with E-state index in [9.17, 15) is 8.78 Å². The van der Waals surface area contributed by atoms with Gasteiger partial charge in [0, 0.05) is 6.42 Å². The van der Waals surface area contributed by atoms with Crippen LogP contribution in [0.2, 0.25) is 0 Å². The van der Waals surface area contributed by atoms with Gasteiger partial charge in [-0.25, -0.2) is 8.78 Å². The summed E-state index contributed by atoms with van der Waals surface area (Å²) < 4.78 is 27.7. The maximum absolute atomic E-state index is 14.4. The molecule has 124 valence electrons. The van der Waals surface area contributed by atoms with E-state index in [-0.39, 0.29) is 17.7 Å². The molecule has 0 saturated carbocycles. The molecular weight excluding hydrogens is 318 g/mol. The second-order valence-electron chi connectivity index (χ2n) is 5.98. The molecule has 0 N–H and O–H groups in total. The highest BCUT2D eigenvalue weighted by atomic mass is 19.1. The molecule has 0 bridgehead atoms. The number of halogens is 2. The maximum Gasteiger partial charge on any atom is 0.148 e. The Morgan fingerprint density at radius 2 is 1.48 bits per heavy atom. The molecule has 4 heteroatoms. The van der Waals surface area contributed by atoms with Crippen molar-refractivity contribution in [2.24, 2.45) is 5.10 Å². The summed E-state index contributed by atoms with van der Waals surface area (Å²) in [5, 5.41) is 6.39. The molecule has 1 heterocycles. The van der Waals surface area contributed by atoms with E-state index >= 15 is 0 Å². The van der Waals surface area contributed by atoms with Crippen LogP contribution in [0.1, 0.15) is 23.6 Å². The minimum Gasteiger partial charge on any atom is -0.254 e. The van der Waals surface area contributed by atoms with Gasteiger partial charge in [-0.3, -0.25) is 5.01 Å². The molecule has 1 atom stereocenters. The summed E-state index contributed by atoms with van der Waals surface area (Å²) in [6.45, 7) is 0. The van der Waals surface area contributed by atoms with E-state index in [0.717, 1.165) is 16.8 Å². The number of rotatable bonds is 3. The van der Waals surface area contributed by atoms with Crippen molar-refractivity contribution in [2.75, 3.05) is 5.01 Å². The molecular formula is C21H16F2N2. The lowest BCUT2D eigenvalue weighted by atomic mass is 9.98. The number of para-hydroxylation sites is 1. The van der Waals surface area contributed by atoms with E-state index in [1.807, 2.05) is 30.3 Å². The Balaban J connectivity index is 1.78. The summed E-state index contributed by atoms with van der Waals surface area (Å²) in [4.78, 5) is 0. The molecule has 0 saturated heterocycles. The lowest BCUT2D eigenvalue weighted by molar-refractivity contribution is 0.603. The van der Waals surface area contributed by atoms with Crippen LogP contribution in [0.4, 0.5) is 14.5 Å². The van der Waals surface area contributed by atoms with Crippen LogP contribution in [-0.4, -0.2) is 5.71 Å². The molecule has 4 rings (SSSR count). The van der Waals surface area contributed by atoms with Crippen molar-refractivity contribution in [2.45, 2.75) is 12.5 Å². The average Bonchev–Trinajstić information content (AvgIpc) is 3.09. The molecule has 0 spiro atoms. The number of benzene rings is 3. The van der Waals surface area contributed by atoms with E-state index in [1.165, 1.54) is 18.2 Å². The fourth-order valence-electron chi connectivity index (χ4n) is 3.12. The first-order valence-corrected chi connectivity index (χ1v) is 8.14. The minimum absolute atomic E-state index is 0.173. The van der Waals surface area contributed by atoms with Crippen LogP contribution in [0.5, 0.6) is 0 Å². The van der Waals surface area contributed by atoms with Gasteiger partial charge in [-0.1, -0.05) is 54.6 Å². The van der Waals surface area contributed by atoms with Crippen molar-refractivity contribution >= 4 is 11.4 Å². The highest BCUT2D eigenvalue weighted by molar-refractivity contribution is 6.03. The van der Waals surface area contributed by atoms with Gasteiger partial charge >= 0.3 is 0 Å². The first-order valence-electron chi connectivity index (χ1n) is 8.14. The first kappa shape index (κ1) is 15.5. The average molecular weight is 334 g/mol. The lowest BCUT2D eigenvalue weighted by Crippen LogP contribution is -2.19. The van der Waals surface area contributed by atoms with Crippen LogP contribution >= 0.6 is 0 Å². The molecule has 0 radical (unpaired) electrons. The second kappa shape index (κ2) is 6.48. The van der Waals surface area contributed by atoms with Gasteiger partial charge in [0.2, 0.25) is 0 Å². The molecule has 0 aliphatic carbocycles. The van der Waals surface area contributed by atoms with Gasteiger partial charge in [0.25, 0.3) is 0 Å². The molecule has 25 heavy (non-hydrogen) atoms. The van der Waals surface area contributed by atoms with Crippen molar-refractivity contribution in [3.8, 4) is 0 Å². The Bertz CT molecular complexity index is 905. The number of hydrogen-bond acceptors (Lipinski definition) is 2. The largest absolute Gasteiger partial charge is 0.254 e. The Morgan fingerprint density at radius 3 is 2.20 bits per heavy atom. The van der Waals surface area contributed by atoms with Crippen molar-refractivity contribution in [1.29, 1.82) is 0 Å². The fraction of sp³-hybridized carbons (Fsp3) is 0.0952. The molecule has 0 aromatic heterocycles. The number of anilines is 1. The topological polar surface area (TPSA) is 15.6 Å². The van der Waals surface area contributed by atoms with E-state index in [2.05, 4.69) is 5.10 Å². The van der Waals surface area contributed by atoms with Gasteiger partial charge in [-0.2, -0.15) is 5.10 Å². The van der Waals surface area contributed by atoms with Crippen LogP contribution in [0.15, 0.2) is 84.0 Å². The number of nitrogens with zero attached hydrogens (tertiary/aromatic N) is 2. The van der Waals surface area contributed by atoms with Gasteiger partial charge in [0.05, 0.1) is 17.4 Å². The van der Waals surface area contributed by atoms with E-state index in [4.69, 9.17) is 0 Å². The number of hydrogen-bond donors (Lipinski definition) is 0. The summed E-state index contributed by atoms with van der Waals surface area (Å²) in [6, 6.07) is 22.6. The van der Waals surface area contributed by atoms with Crippen LogP contribution in [0.3, 0.4) is 0 Å². The summed E-state index contributed by atoms with van der Waals surface area (Å²) in [5.74, 6) is -0.615. The van der Waals surface area contributed by atoms with Gasteiger partial charge in [-0.15, -0.1) is 0 Å². The van der Waals surface area contributed by atoms with E-state index in [0.29, 0.717) is 12.1 Å². The highest BCUT2D eigenvalue weighted by Crippen LogP contribution is 2.37. The molecule has 2 nitrogen and oxygen atoms in total. The van der Waals surface area contributed by atoms with Crippen LogP contribution < -0.4 is 5.01 Å². The monoisotopic (exact) mass is 334 g/mol. The minimum atomic E-state index is -0.326. The normalized spacial score (nSPS) is 16.8. The van der Waals surface area contributed by atoms with Gasteiger partial charge in [-0.05, 0) is 35.4 Å². The third-order valence-electron chi connectivity index (χ3n) is 4.37. The Kier molecular flexibility index (Phi) is 4.02. The van der Waals surface area contributed by atoms with Crippen molar-refractivity contribution in [1.82, 2.24) is 0 Å². The van der Waals surface area contributed by atoms with Crippen molar-refractivity contribution in [3.05, 3.63) is 102 Å². The first-order chi connectivity index (χ1) is 12.2. The van der Waals surface area contributed by atoms with Gasteiger partial charge in [0.15, 0.2) is 0 Å².